The normalized spacial score (nSPS) is 18.4. The Morgan fingerprint density at radius 1 is 1.56 bits per heavy atom. The second kappa shape index (κ2) is 5.44. The SMILES string of the molecule is CCOc1cc2c(cc1C=C(C)CN)OC(C)C2. The first-order valence-electron chi connectivity index (χ1n) is 6.47. The summed E-state index contributed by atoms with van der Waals surface area (Å²) in [5.41, 5.74) is 9.04. The van der Waals surface area contributed by atoms with Crippen LogP contribution in [0.15, 0.2) is 17.7 Å². The maximum absolute atomic E-state index is 5.78. The van der Waals surface area contributed by atoms with Crippen molar-refractivity contribution in [1.82, 2.24) is 0 Å². The van der Waals surface area contributed by atoms with Crippen LogP contribution in [0.25, 0.3) is 6.08 Å². The highest BCUT2D eigenvalue weighted by Crippen LogP contribution is 2.36. The predicted octanol–water partition coefficient (Wildman–Crippen LogP) is 2.77. The van der Waals surface area contributed by atoms with Crippen LogP contribution < -0.4 is 15.2 Å². The zero-order valence-corrected chi connectivity index (χ0v) is 11.3. The number of hydrogen-bond donors (Lipinski definition) is 1. The molecule has 0 aliphatic carbocycles. The zero-order valence-electron chi connectivity index (χ0n) is 11.3. The van der Waals surface area contributed by atoms with E-state index in [1.165, 1.54) is 5.56 Å². The summed E-state index contributed by atoms with van der Waals surface area (Å²) in [5, 5.41) is 0. The molecule has 1 aromatic carbocycles. The average Bonchev–Trinajstić information content (AvgIpc) is 2.69. The molecule has 2 N–H and O–H groups in total. The van der Waals surface area contributed by atoms with Crippen LogP contribution in [-0.2, 0) is 6.42 Å². The summed E-state index contributed by atoms with van der Waals surface area (Å²) < 4.78 is 11.5. The number of nitrogens with two attached hydrogens (primary N) is 1. The molecule has 0 bridgehead atoms. The molecule has 0 saturated carbocycles. The minimum Gasteiger partial charge on any atom is -0.493 e. The van der Waals surface area contributed by atoms with Gasteiger partial charge in [-0.15, -0.1) is 0 Å². The Balaban J connectivity index is 2.41. The molecule has 3 nitrogen and oxygen atoms in total. The van der Waals surface area contributed by atoms with E-state index in [0.29, 0.717) is 13.2 Å². The summed E-state index contributed by atoms with van der Waals surface area (Å²) in [6, 6.07) is 4.15. The summed E-state index contributed by atoms with van der Waals surface area (Å²) in [7, 11) is 0. The van der Waals surface area contributed by atoms with Crippen LogP contribution in [-0.4, -0.2) is 19.3 Å². The van der Waals surface area contributed by atoms with Gasteiger partial charge in [-0.05, 0) is 32.9 Å². The topological polar surface area (TPSA) is 44.5 Å². The van der Waals surface area contributed by atoms with Gasteiger partial charge in [0.2, 0.25) is 0 Å². The molecular formula is C15H21NO2. The van der Waals surface area contributed by atoms with Crippen molar-refractivity contribution < 1.29 is 9.47 Å². The minimum atomic E-state index is 0.254. The highest BCUT2D eigenvalue weighted by molar-refractivity contribution is 5.64. The summed E-state index contributed by atoms with van der Waals surface area (Å²) in [6.45, 7) is 7.32. The number of rotatable bonds is 4. The van der Waals surface area contributed by atoms with Crippen LogP contribution in [0.1, 0.15) is 31.9 Å². The standard InChI is InChI=1S/C15H21NO2/c1-4-17-14-7-13-6-11(3)18-15(13)8-12(14)5-10(2)9-16/h5,7-8,11H,4,6,9,16H2,1-3H3. The van der Waals surface area contributed by atoms with Crippen LogP contribution in [0.5, 0.6) is 11.5 Å². The largest absolute Gasteiger partial charge is 0.493 e. The minimum absolute atomic E-state index is 0.254. The van der Waals surface area contributed by atoms with Crippen molar-refractivity contribution >= 4 is 6.08 Å². The monoisotopic (exact) mass is 247 g/mol. The first-order valence-corrected chi connectivity index (χ1v) is 6.47. The van der Waals surface area contributed by atoms with Crippen molar-refractivity contribution in [1.29, 1.82) is 0 Å². The average molecular weight is 247 g/mol. The van der Waals surface area contributed by atoms with Crippen molar-refractivity contribution in [3.05, 3.63) is 28.8 Å². The second-order valence-corrected chi connectivity index (χ2v) is 4.76. The van der Waals surface area contributed by atoms with E-state index in [0.717, 1.165) is 29.1 Å². The lowest BCUT2D eigenvalue weighted by atomic mass is 10.0. The Morgan fingerprint density at radius 2 is 2.33 bits per heavy atom. The van der Waals surface area contributed by atoms with Gasteiger partial charge in [-0.1, -0.05) is 11.6 Å². The molecule has 3 heteroatoms. The van der Waals surface area contributed by atoms with Gasteiger partial charge in [-0.3, -0.25) is 0 Å². The van der Waals surface area contributed by atoms with Gasteiger partial charge >= 0.3 is 0 Å². The molecule has 1 unspecified atom stereocenters. The number of benzene rings is 1. The van der Waals surface area contributed by atoms with Gasteiger partial charge in [-0.2, -0.15) is 0 Å². The van der Waals surface area contributed by atoms with Crippen LogP contribution in [0.2, 0.25) is 0 Å². The summed E-state index contributed by atoms with van der Waals surface area (Å²) >= 11 is 0. The molecule has 0 radical (unpaired) electrons. The van der Waals surface area contributed by atoms with Crippen LogP contribution in [0.4, 0.5) is 0 Å². The van der Waals surface area contributed by atoms with Crippen LogP contribution >= 0.6 is 0 Å². The van der Waals surface area contributed by atoms with Gasteiger partial charge in [0.05, 0.1) is 6.61 Å². The molecule has 1 aliphatic rings. The summed E-state index contributed by atoms with van der Waals surface area (Å²) in [5.74, 6) is 1.89. The number of fused-ring (bicyclic) bond motifs is 1. The van der Waals surface area contributed by atoms with Crippen LogP contribution in [0.3, 0.4) is 0 Å². The third-order valence-corrected chi connectivity index (χ3v) is 3.05. The van der Waals surface area contributed by atoms with E-state index in [9.17, 15) is 0 Å². The highest BCUT2D eigenvalue weighted by atomic mass is 16.5. The summed E-state index contributed by atoms with van der Waals surface area (Å²) in [6.07, 6.45) is 3.27. The Kier molecular flexibility index (Phi) is 3.92. The molecule has 0 aromatic heterocycles. The van der Waals surface area contributed by atoms with Gasteiger partial charge in [0, 0.05) is 24.1 Å². The number of hydrogen-bond acceptors (Lipinski definition) is 3. The first-order chi connectivity index (χ1) is 8.63. The van der Waals surface area contributed by atoms with Crippen LogP contribution in [0, 0.1) is 0 Å². The van der Waals surface area contributed by atoms with E-state index >= 15 is 0 Å². The first kappa shape index (κ1) is 13.0. The van der Waals surface area contributed by atoms with E-state index in [4.69, 9.17) is 15.2 Å². The van der Waals surface area contributed by atoms with Crippen molar-refractivity contribution in [3.8, 4) is 11.5 Å². The quantitative estimate of drug-likeness (QED) is 0.889. The molecule has 0 saturated heterocycles. The fourth-order valence-corrected chi connectivity index (χ4v) is 2.17. The molecule has 18 heavy (non-hydrogen) atoms. The van der Waals surface area contributed by atoms with E-state index in [1.807, 2.05) is 13.8 Å². The lowest BCUT2D eigenvalue weighted by Gasteiger charge is -2.10. The molecule has 1 aromatic rings. The Labute approximate surface area is 109 Å². The Morgan fingerprint density at radius 3 is 3.00 bits per heavy atom. The maximum atomic E-state index is 5.78. The van der Waals surface area contributed by atoms with E-state index in [-0.39, 0.29) is 6.10 Å². The third-order valence-electron chi connectivity index (χ3n) is 3.05. The summed E-state index contributed by atoms with van der Waals surface area (Å²) in [4.78, 5) is 0. The van der Waals surface area contributed by atoms with Crippen molar-refractivity contribution in [2.45, 2.75) is 33.3 Å². The highest BCUT2D eigenvalue weighted by Gasteiger charge is 2.21. The zero-order chi connectivity index (χ0) is 13.1. The molecule has 2 rings (SSSR count). The fraction of sp³-hybridized carbons (Fsp3) is 0.467. The van der Waals surface area contributed by atoms with Gasteiger partial charge < -0.3 is 15.2 Å². The van der Waals surface area contributed by atoms with E-state index in [2.05, 4.69) is 25.1 Å². The third kappa shape index (κ3) is 2.67. The fourth-order valence-electron chi connectivity index (χ4n) is 2.17. The lowest BCUT2D eigenvalue weighted by molar-refractivity contribution is 0.254. The van der Waals surface area contributed by atoms with Crippen molar-refractivity contribution in [3.63, 3.8) is 0 Å². The van der Waals surface area contributed by atoms with Crippen molar-refractivity contribution in [2.75, 3.05) is 13.2 Å². The molecule has 0 fully saturated rings. The maximum Gasteiger partial charge on any atom is 0.127 e. The lowest BCUT2D eigenvalue weighted by Crippen LogP contribution is -2.05. The van der Waals surface area contributed by atoms with E-state index < -0.39 is 0 Å². The second-order valence-electron chi connectivity index (χ2n) is 4.76. The van der Waals surface area contributed by atoms with E-state index in [1.54, 1.807) is 0 Å². The smallest absolute Gasteiger partial charge is 0.127 e. The Hall–Kier alpha value is -1.48. The Bertz CT molecular complexity index is 466. The van der Waals surface area contributed by atoms with Gasteiger partial charge in [0.25, 0.3) is 0 Å². The molecule has 1 heterocycles. The molecule has 0 amide bonds. The molecule has 98 valence electrons. The van der Waals surface area contributed by atoms with Crippen molar-refractivity contribution in [2.24, 2.45) is 5.73 Å². The molecule has 0 spiro atoms. The van der Waals surface area contributed by atoms with Gasteiger partial charge in [0.1, 0.15) is 17.6 Å². The number of ether oxygens (including phenoxy) is 2. The van der Waals surface area contributed by atoms with Gasteiger partial charge in [-0.25, -0.2) is 0 Å². The molecule has 1 atom stereocenters. The molecule has 1 aliphatic heterocycles. The molecular weight excluding hydrogens is 226 g/mol. The predicted molar refractivity (Wildman–Crippen MR) is 74.1 cm³/mol. The van der Waals surface area contributed by atoms with Gasteiger partial charge in [0.15, 0.2) is 0 Å².